The van der Waals surface area contributed by atoms with Gasteiger partial charge in [0.2, 0.25) is 5.91 Å². The Morgan fingerprint density at radius 2 is 1.81 bits per heavy atom. The minimum absolute atomic E-state index is 0.0561. The molecule has 3 rings (SSSR count). The number of likely N-dealkylation sites (N-methyl/N-ethyl adjacent to an activating group) is 1. The molecule has 1 unspecified atom stereocenters. The Bertz CT molecular complexity index is 961. The third-order valence-electron chi connectivity index (χ3n) is 5.43. The number of nitrogens with zero attached hydrogens (tertiary/aromatic N) is 2. The van der Waals surface area contributed by atoms with E-state index in [1.807, 2.05) is 4.90 Å². The van der Waals surface area contributed by atoms with Crippen molar-refractivity contribution in [2.24, 2.45) is 0 Å². The Kier molecular flexibility index (Phi) is 7.35. The number of amides is 1. The fourth-order valence-electron chi connectivity index (χ4n) is 3.47. The zero-order chi connectivity index (χ0) is 23.5. The molecular weight excluding hydrogens is 433 g/mol. The molecular formula is C22H24F5N3O2. The molecule has 0 aromatic heterocycles. The quantitative estimate of drug-likeness (QED) is 0.651. The van der Waals surface area contributed by atoms with Crippen LogP contribution in [-0.4, -0.2) is 50.7 Å². The van der Waals surface area contributed by atoms with Gasteiger partial charge in [-0.3, -0.25) is 9.69 Å². The number of nitrogens with one attached hydrogen (secondary N) is 1. The SMILES string of the molecule is CC(c1ccc(F)c(F)c1)N(C)CC(=O)Nc1cc(C(F)(F)F)ccc1N1CCOCC1. The largest absolute Gasteiger partial charge is 0.416 e. The zero-order valence-electron chi connectivity index (χ0n) is 17.7. The van der Waals surface area contributed by atoms with Crippen molar-refractivity contribution < 1.29 is 31.5 Å². The lowest BCUT2D eigenvalue weighted by Gasteiger charge is -2.31. The van der Waals surface area contributed by atoms with Gasteiger partial charge >= 0.3 is 6.18 Å². The van der Waals surface area contributed by atoms with Crippen molar-refractivity contribution in [3.05, 3.63) is 59.2 Å². The number of rotatable bonds is 6. The summed E-state index contributed by atoms with van der Waals surface area (Å²) < 4.78 is 71.7. The van der Waals surface area contributed by atoms with Crippen molar-refractivity contribution in [1.29, 1.82) is 0 Å². The lowest BCUT2D eigenvalue weighted by Crippen LogP contribution is -2.37. The highest BCUT2D eigenvalue weighted by atomic mass is 19.4. The second kappa shape index (κ2) is 9.83. The number of benzene rings is 2. The molecule has 0 bridgehead atoms. The fraction of sp³-hybridized carbons (Fsp3) is 0.409. The van der Waals surface area contributed by atoms with E-state index in [9.17, 15) is 26.7 Å². The predicted molar refractivity (Wildman–Crippen MR) is 111 cm³/mol. The van der Waals surface area contributed by atoms with Crippen molar-refractivity contribution >= 4 is 17.3 Å². The van der Waals surface area contributed by atoms with Crippen LogP contribution < -0.4 is 10.2 Å². The van der Waals surface area contributed by atoms with Crippen molar-refractivity contribution in [1.82, 2.24) is 4.90 Å². The number of carbonyl (C=O) groups excluding carboxylic acids is 1. The zero-order valence-corrected chi connectivity index (χ0v) is 17.7. The van der Waals surface area contributed by atoms with Crippen molar-refractivity contribution in [3.63, 3.8) is 0 Å². The Hall–Kier alpha value is -2.72. The molecule has 0 saturated carbocycles. The molecule has 10 heteroatoms. The van der Waals surface area contributed by atoms with Crippen molar-refractivity contribution in [2.45, 2.75) is 19.1 Å². The molecule has 1 N–H and O–H groups in total. The monoisotopic (exact) mass is 457 g/mol. The minimum atomic E-state index is -4.55. The first-order valence-corrected chi connectivity index (χ1v) is 10.0. The predicted octanol–water partition coefficient (Wildman–Crippen LogP) is 4.45. The standard InChI is InChI=1S/C22H24F5N3O2/c1-14(15-3-5-17(23)18(24)11-15)29(2)13-21(31)28-19-12-16(22(25,26)27)4-6-20(19)30-7-9-32-10-8-30/h3-6,11-12,14H,7-10,13H2,1-2H3,(H,28,31). The van der Waals surface area contributed by atoms with E-state index in [0.717, 1.165) is 24.3 Å². The number of halogens is 5. The summed E-state index contributed by atoms with van der Waals surface area (Å²) in [6, 6.07) is 6.29. The van der Waals surface area contributed by atoms with Crippen LogP contribution in [0.15, 0.2) is 36.4 Å². The maximum atomic E-state index is 13.5. The number of hydrogen-bond acceptors (Lipinski definition) is 4. The van der Waals surface area contributed by atoms with Gasteiger partial charge in [-0.2, -0.15) is 13.2 Å². The molecule has 1 fully saturated rings. The summed E-state index contributed by atoms with van der Waals surface area (Å²) in [5.41, 5.74) is 0.132. The summed E-state index contributed by atoms with van der Waals surface area (Å²) in [6.45, 7) is 3.39. The molecule has 1 aliphatic rings. The number of hydrogen-bond donors (Lipinski definition) is 1. The molecule has 1 heterocycles. The van der Waals surface area contributed by atoms with Crippen LogP contribution in [0, 0.1) is 11.6 Å². The van der Waals surface area contributed by atoms with Gasteiger partial charge in [0.25, 0.3) is 0 Å². The molecule has 0 aliphatic carbocycles. The Morgan fingerprint density at radius 1 is 1.12 bits per heavy atom. The van der Waals surface area contributed by atoms with Crippen molar-refractivity contribution in [3.8, 4) is 0 Å². The Morgan fingerprint density at radius 3 is 2.44 bits per heavy atom. The van der Waals surface area contributed by atoms with E-state index in [0.29, 0.717) is 37.6 Å². The van der Waals surface area contributed by atoms with Gasteiger partial charge in [0.1, 0.15) is 0 Å². The number of ether oxygens (including phenoxy) is 1. The van der Waals surface area contributed by atoms with Gasteiger partial charge in [0.15, 0.2) is 11.6 Å². The molecule has 0 radical (unpaired) electrons. The van der Waals surface area contributed by atoms with Gasteiger partial charge in [-0.15, -0.1) is 0 Å². The van der Waals surface area contributed by atoms with Gasteiger partial charge < -0.3 is 15.0 Å². The molecule has 1 amide bonds. The topological polar surface area (TPSA) is 44.8 Å². The Balaban J connectivity index is 1.76. The van der Waals surface area contributed by atoms with Gasteiger partial charge in [-0.1, -0.05) is 6.07 Å². The van der Waals surface area contributed by atoms with Gasteiger partial charge in [0, 0.05) is 19.1 Å². The number of carbonyl (C=O) groups is 1. The van der Waals surface area contributed by atoms with E-state index >= 15 is 0 Å². The second-order valence-electron chi connectivity index (χ2n) is 7.64. The molecule has 0 spiro atoms. The van der Waals surface area contributed by atoms with Crippen LogP contribution in [0.5, 0.6) is 0 Å². The third-order valence-corrected chi connectivity index (χ3v) is 5.43. The van der Waals surface area contributed by atoms with E-state index in [2.05, 4.69) is 5.32 Å². The molecule has 1 saturated heterocycles. The molecule has 2 aromatic carbocycles. The average Bonchev–Trinajstić information content (AvgIpc) is 2.75. The number of morpholine rings is 1. The van der Waals surface area contributed by atoms with E-state index in [1.165, 1.54) is 12.1 Å². The normalized spacial score (nSPS) is 15.7. The highest BCUT2D eigenvalue weighted by molar-refractivity contribution is 5.95. The van der Waals surface area contributed by atoms with Gasteiger partial charge in [-0.05, 0) is 49.9 Å². The second-order valence-corrected chi connectivity index (χ2v) is 7.64. The van der Waals surface area contributed by atoms with Crippen LogP contribution in [0.4, 0.5) is 33.3 Å². The maximum absolute atomic E-state index is 13.5. The molecule has 32 heavy (non-hydrogen) atoms. The van der Waals surface area contributed by atoms with Gasteiger partial charge in [0.05, 0.1) is 36.7 Å². The van der Waals surface area contributed by atoms with Crippen LogP contribution in [0.2, 0.25) is 0 Å². The summed E-state index contributed by atoms with van der Waals surface area (Å²) >= 11 is 0. The number of anilines is 2. The van der Waals surface area contributed by atoms with Crippen LogP contribution in [0.3, 0.4) is 0 Å². The highest BCUT2D eigenvalue weighted by Crippen LogP contribution is 2.36. The molecule has 2 aromatic rings. The maximum Gasteiger partial charge on any atom is 0.416 e. The van der Waals surface area contributed by atoms with Crippen LogP contribution in [-0.2, 0) is 15.7 Å². The smallest absolute Gasteiger partial charge is 0.378 e. The summed E-state index contributed by atoms with van der Waals surface area (Å²) in [4.78, 5) is 16.1. The highest BCUT2D eigenvalue weighted by Gasteiger charge is 2.32. The molecule has 1 aliphatic heterocycles. The van der Waals surface area contributed by atoms with E-state index in [1.54, 1.807) is 18.9 Å². The fourth-order valence-corrected chi connectivity index (χ4v) is 3.47. The lowest BCUT2D eigenvalue weighted by atomic mass is 10.1. The molecule has 5 nitrogen and oxygen atoms in total. The van der Waals surface area contributed by atoms with Crippen molar-refractivity contribution in [2.75, 3.05) is 50.1 Å². The first kappa shape index (κ1) is 23.9. The van der Waals surface area contributed by atoms with Crippen LogP contribution >= 0.6 is 0 Å². The average molecular weight is 457 g/mol. The van der Waals surface area contributed by atoms with E-state index in [-0.39, 0.29) is 12.2 Å². The first-order valence-electron chi connectivity index (χ1n) is 10.0. The van der Waals surface area contributed by atoms with E-state index < -0.39 is 35.3 Å². The van der Waals surface area contributed by atoms with Crippen LogP contribution in [0.25, 0.3) is 0 Å². The lowest BCUT2D eigenvalue weighted by molar-refractivity contribution is -0.137. The number of alkyl halides is 3. The third kappa shape index (κ3) is 5.74. The van der Waals surface area contributed by atoms with E-state index in [4.69, 9.17) is 4.74 Å². The summed E-state index contributed by atoms with van der Waals surface area (Å²) in [5, 5.41) is 2.58. The van der Waals surface area contributed by atoms with Gasteiger partial charge in [-0.25, -0.2) is 8.78 Å². The summed E-state index contributed by atoms with van der Waals surface area (Å²) in [7, 11) is 1.61. The summed E-state index contributed by atoms with van der Waals surface area (Å²) in [6.07, 6.45) is -4.55. The molecule has 1 atom stereocenters. The Labute approximate surface area is 182 Å². The van der Waals surface area contributed by atoms with Crippen LogP contribution in [0.1, 0.15) is 24.1 Å². The first-order chi connectivity index (χ1) is 15.1. The summed E-state index contributed by atoms with van der Waals surface area (Å²) in [5.74, 6) is -2.50. The minimum Gasteiger partial charge on any atom is -0.378 e. The molecule has 174 valence electrons.